The van der Waals surface area contributed by atoms with Gasteiger partial charge in [0.1, 0.15) is 0 Å². The zero-order chi connectivity index (χ0) is 12.3. The molecule has 17 heavy (non-hydrogen) atoms. The summed E-state index contributed by atoms with van der Waals surface area (Å²) in [5.74, 6) is 0. The molecule has 1 aromatic heterocycles. The molecule has 0 fully saturated rings. The van der Waals surface area contributed by atoms with Crippen LogP contribution in [0.25, 0.3) is 0 Å². The lowest BCUT2D eigenvalue weighted by Crippen LogP contribution is -2.17. The highest BCUT2D eigenvalue weighted by Gasteiger charge is 2.07. The van der Waals surface area contributed by atoms with Gasteiger partial charge in [0, 0.05) is 35.9 Å². The first-order chi connectivity index (χ1) is 8.16. The normalized spacial score (nSPS) is 12.6. The average molecular weight is 294 g/mol. The molecule has 4 heteroatoms. The van der Waals surface area contributed by atoms with Gasteiger partial charge in [-0.3, -0.25) is 4.68 Å². The van der Waals surface area contributed by atoms with E-state index in [2.05, 4.69) is 51.5 Å². The molecule has 0 saturated carbocycles. The van der Waals surface area contributed by atoms with Crippen molar-refractivity contribution in [3.8, 4) is 0 Å². The fraction of sp³-hybridized carbons (Fsp3) is 0.308. The molecule has 90 valence electrons. The van der Waals surface area contributed by atoms with Crippen LogP contribution in [0, 0.1) is 0 Å². The van der Waals surface area contributed by atoms with Crippen LogP contribution in [0.3, 0.4) is 0 Å². The van der Waals surface area contributed by atoms with E-state index in [-0.39, 0.29) is 0 Å². The highest BCUT2D eigenvalue weighted by Crippen LogP contribution is 2.17. The second-order valence-electron chi connectivity index (χ2n) is 4.14. The van der Waals surface area contributed by atoms with Crippen molar-refractivity contribution in [1.29, 1.82) is 0 Å². The van der Waals surface area contributed by atoms with Crippen molar-refractivity contribution in [3.05, 3.63) is 52.3 Å². The first-order valence-electron chi connectivity index (χ1n) is 5.62. The molecule has 0 aliphatic heterocycles. The zero-order valence-corrected chi connectivity index (χ0v) is 11.6. The van der Waals surface area contributed by atoms with Crippen molar-refractivity contribution in [2.75, 3.05) is 0 Å². The van der Waals surface area contributed by atoms with E-state index < -0.39 is 0 Å². The lowest BCUT2D eigenvalue weighted by molar-refractivity contribution is 0.573. The Balaban J connectivity index is 1.97. The third kappa shape index (κ3) is 3.17. The third-order valence-corrected chi connectivity index (χ3v) is 3.56. The van der Waals surface area contributed by atoms with Crippen LogP contribution in [0.1, 0.15) is 24.1 Å². The molecular formula is C13H16BrN3. The molecule has 0 radical (unpaired) electrons. The van der Waals surface area contributed by atoms with Crippen LogP contribution in [0.4, 0.5) is 0 Å². The summed E-state index contributed by atoms with van der Waals surface area (Å²) >= 11 is 3.55. The van der Waals surface area contributed by atoms with Crippen molar-refractivity contribution in [3.63, 3.8) is 0 Å². The van der Waals surface area contributed by atoms with E-state index in [1.807, 2.05) is 30.2 Å². The topological polar surface area (TPSA) is 29.9 Å². The van der Waals surface area contributed by atoms with Crippen molar-refractivity contribution in [2.24, 2.45) is 7.05 Å². The zero-order valence-electron chi connectivity index (χ0n) is 10.0. The van der Waals surface area contributed by atoms with Crippen molar-refractivity contribution in [2.45, 2.75) is 19.5 Å². The molecule has 1 heterocycles. The van der Waals surface area contributed by atoms with Crippen molar-refractivity contribution in [1.82, 2.24) is 15.1 Å². The molecule has 0 saturated heterocycles. The summed E-state index contributed by atoms with van der Waals surface area (Å²) in [6, 6.07) is 8.56. The number of rotatable bonds is 4. The van der Waals surface area contributed by atoms with E-state index in [0.717, 1.165) is 11.0 Å². The molecule has 1 atom stereocenters. The Morgan fingerprint density at radius 1 is 1.41 bits per heavy atom. The Kier molecular flexibility index (Phi) is 3.97. The van der Waals surface area contributed by atoms with Gasteiger partial charge < -0.3 is 5.32 Å². The number of aryl methyl sites for hydroxylation is 1. The average Bonchev–Trinajstić information content (AvgIpc) is 2.74. The maximum Gasteiger partial charge on any atom is 0.0537 e. The summed E-state index contributed by atoms with van der Waals surface area (Å²) in [5, 5.41) is 7.66. The number of aromatic nitrogens is 2. The number of hydrogen-bond donors (Lipinski definition) is 1. The van der Waals surface area contributed by atoms with Crippen molar-refractivity contribution >= 4 is 15.9 Å². The van der Waals surface area contributed by atoms with Crippen molar-refractivity contribution < 1.29 is 0 Å². The molecule has 0 aliphatic rings. The lowest BCUT2D eigenvalue weighted by Gasteiger charge is -2.12. The van der Waals surface area contributed by atoms with Gasteiger partial charge in [-0.05, 0) is 18.6 Å². The van der Waals surface area contributed by atoms with Crippen LogP contribution in [0.15, 0.2) is 41.1 Å². The maximum absolute atomic E-state index is 4.18. The summed E-state index contributed by atoms with van der Waals surface area (Å²) < 4.78 is 2.97. The first-order valence-corrected chi connectivity index (χ1v) is 6.41. The van der Waals surface area contributed by atoms with E-state index in [4.69, 9.17) is 0 Å². The predicted octanol–water partition coefficient (Wildman–Crippen LogP) is 3.03. The quantitative estimate of drug-likeness (QED) is 0.939. The standard InChI is InChI=1S/C13H16BrN3/c1-10(12-8-16-17(2)9-12)15-7-11-5-3-4-6-13(11)14/h3-6,8-10,15H,7H2,1-2H3. The number of nitrogens with zero attached hydrogens (tertiary/aromatic N) is 2. The molecule has 3 nitrogen and oxygen atoms in total. The van der Waals surface area contributed by atoms with Gasteiger partial charge in [0.2, 0.25) is 0 Å². The fourth-order valence-corrected chi connectivity index (χ4v) is 2.11. The highest BCUT2D eigenvalue weighted by atomic mass is 79.9. The van der Waals surface area contributed by atoms with Gasteiger partial charge in [0.15, 0.2) is 0 Å². The first kappa shape index (κ1) is 12.3. The summed E-state index contributed by atoms with van der Waals surface area (Å²) in [7, 11) is 1.93. The second-order valence-corrected chi connectivity index (χ2v) is 5.00. The highest BCUT2D eigenvalue weighted by molar-refractivity contribution is 9.10. The van der Waals surface area contributed by atoms with Gasteiger partial charge in [0.05, 0.1) is 6.20 Å². The second kappa shape index (κ2) is 5.47. The number of hydrogen-bond acceptors (Lipinski definition) is 2. The van der Waals surface area contributed by atoms with Gasteiger partial charge in [-0.15, -0.1) is 0 Å². The van der Waals surface area contributed by atoms with Crippen LogP contribution in [0.2, 0.25) is 0 Å². The molecule has 1 aromatic carbocycles. The Morgan fingerprint density at radius 2 is 2.18 bits per heavy atom. The SMILES string of the molecule is CC(NCc1ccccc1Br)c1cnn(C)c1. The van der Waals surface area contributed by atoms with Crippen LogP contribution in [-0.2, 0) is 13.6 Å². The minimum Gasteiger partial charge on any atom is -0.306 e. The van der Waals surface area contributed by atoms with E-state index in [9.17, 15) is 0 Å². The minimum atomic E-state index is 0.302. The minimum absolute atomic E-state index is 0.302. The third-order valence-electron chi connectivity index (χ3n) is 2.78. The van der Waals surface area contributed by atoms with Crippen LogP contribution >= 0.6 is 15.9 Å². The molecule has 1 N–H and O–H groups in total. The Morgan fingerprint density at radius 3 is 2.82 bits per heavy atom. The molecule has 0 bridgehead atoms. The molecular weight excluding hydrogens is 278 g/mol. The van der Waals surface area contributed by atoms with E-state index >= 15 is 0 Å². The monoisotopic (exact) mass is 293 g/mol. The van der Waals surface area contributed by atoms with Gasteiger partial charge in [-0.2, -0.15) is 5.10 Å². The van der Waals surface area contributed by atoms with Gasteiger partial charge >= 0.3 is 0 Å². The predicted molar refractivity (Wildman–Crippen MR) is 72.6 cm³/mol. The Labute approximate surface area is 110 Å². The van der Waals surface area contributed by atoms with E-state index in [0.29, 0.717) is 6.04 Å². The van der Waals surface area contributed by atoms with E-state index in [1.54, 1.807) is 0 Å². The Bertz CT molecular complexity index is 493. The van der Waals surface area contributed by atoms with Crippen LogP contribution < -0.4 is 5.32 Å². The van der Waals surface area contributed by atoms with E-state index in [1.165, 1.54) is 11.1 Å². The van der Waals surface area contributed by atoms with Gasteiger partial charge in [-0.1, -0.05) is 34.1 Å². The number of benzene rings is 1. The van der Waals surface area contributed by atoms with Gasteiger partial charge in [-0.25, -0.2) is 0 Å². The van der Waals surface area contributed by atoms with Crippen LogP contribution in [-0.4, -0.2) is 9.78 Å². The largest absolute Gasteiger partial charge is 0.306 e. The summed E-state index contributed by atoms with van der Waals surface area (Å²) in [6.45, 7) is 2.99. The summed E-state index contributed by atoms with van der Waals surface area (Å²) in [6.07, 6.45) is 3.94. The lowest BCUT2D eigenvalue weighted by atomic mass is 10.1. The fourth-order valence-electron chi connectivity index (χ4n) is 1.69. The molecule has 0 spiro atoms. The summed E-state index contributed by atoms with van der Waals surface area (Å²) in [4.78, 5) is 0. The summed E-state index contributed by atoms with van der Waals surface area (Å²) in [5.41, 5.74) is 2.47. The number of halogens is 1. The maximum atomic E-state index is 4.18. The molecule has 0 amide bonds. The molecule has 2 rings (SSSR count). The number of nitrogens with one attached hydrogen (secondary N) is 1. The molecule has 0 aliphatic carbocycles. The van der Waals surface area contributed by atoms with Crippen LogP contribution in [0.5, 0.6) is 0 Å². The van der Waals surface area contributed by atoms with Gasteiger partial charge in [0.25, 0.3) is 0 Å². The Hall–Kier alpha value is -1.13. The molecule has 2 aromatic rings. The molecule has 1 unspecified atom stereocenters. The smallest absolute Gasteiger partial charge is 0.0537 e.